The van der Waals surface area contributed by atoms with Crippen LogP contribution in [0.5, 0.6) is 0 Å². The Morgan fingerprint density at radius 1 is 1.16 bits per heavy atom. The van der Waals surface area contributed by atoms with Crippen molar-refractivity contribution in [1.82, 2.24) is 5.32 Å². The first-order valence-corrected chi connectivity index (χ1v) is 7.74. The van der Waals surface area contributed by atoms with Crippen molar-refractivity contribution in [2.75, 3.05) is 6.54 Å². The molecule has 2 heteroatoms. The quantitative estimate of drug-likeness (QED) is 0.841. The lowest BCUT2D eigenvalue weighted by molar-refractivity contribution is 0.576. The maximum atomic E-state index is 3.63. The summed E-state index contributed by atoms with van der Waals surface area (Å²) in [6.45, 7) is 9.83. The van der Waals surface area contributed by atoms with Crippen LogP contribution in [0.4, 0.5) is 0 Å². The van der Waals surface area contributed by atoms with Crippen molar-refractivity contribution in [3.05, 3.63) is 56.8 Å². The Morgan fingerprint density at radius 2 is 1.95 bits per heavy atom. The Balaban J connectivity index is 1.87. The molecule has 1 atom stereocenters. The van der Waals surface area contributed by atoms with Crippen LogP contribution in [-0.4, -0.2) is 6.54 Å². The van der Waals surface area contributed by atoms with Crippen molar-refractivity contribution in [2.45, 2.75) is 40.2 Å². The van der Waals surface area contributed by atoms with Crippen LogP contribution in [0.3, 0.4) is 0 Å². The van der Waals surface area contributed by atoms with Crippen molar-refractivity contribution in [1.29, 1.82) is 0 Å². The lowest BCUT2D eigenvalue weighted by Gasteiger charge is -2.14. The van der Waals surface area contributed by atoms with Gasteiger partial charge >= 0.3 is 0 Å². The molecule has 1 nitrogen and oxygen atoms in total. The largest absolute Gasteiger partial charge is 0.310 e. The molecule has 0 aliphatic heterocycles. The highest BCUT2D eigenvalue weighted by Crippen LogP contribution is 2.25. The lowest BCUT2D eigenvalue weighted by atomic mass is 10.1. The Kier molecular flexibility index (Phi) is 4.78. The topological polar surface area (TPSA) is 12.0 Å². The minimum atomic E-state index is 0.440. The van der Waals surface area contributed by atoms with Crippen molar-refractivity contribution < 1.29 is 0 Å². The number of hydrogen-bond donors (Lipinski definition) is 1. The van der Waals surface area contributed by atoms with Gasteiger partial charge in [0, 0.05) is 15.8 Å². The van der Waals surface area contributed by atoms with Gasteiger partial charge in [-0.15, -0.1) is 11.3 Å². The SMILES string of the molecule is Cc1cccc(CCNC(C)c2cc(C)sc2C)c1. The van der Waals surface area contributed by atoms with Crippen LogP contribution >= 0.6 is 11.3 Å². The second-order valence-electron chi connectivity index (χ2n) is 5.28. The zero-order valence-corrected chi connectivity index (χ0v) is 13.1. The van der Waals surface area contributed by atoms with E-state index in [0.717, 1.165) is 13.0 Å². The Morgan fingerprint density at radius 3 is 2.58 bits per heavy atom. The molecule has 0 bridgehead atoms. The normalized spacial score (nSPS) is 12.6. The van der Waals surface area contributed by atoms with Crippen LogP contribution < -0.4 is 5.32 Å². The molecule has 0 amide bonds. The average molecular weight is 273 g/mol. The monoisotopic (exact) mass is 273 g/mol. The maximum absolute atomic E-state index is 3.63. The van der Waals surface area contributed by atoms with Gasteiger partial charge in [0.15, 0.2) is 0 Å². The molecule has 19 heavy (non-hydrogen) atoms. The van der Waals surface area contributed by atoms with Crippen molar-refractivity contribution in [3.8, 4) is 0 Å². The van der Waals surface area contributed by atoms with E-state index in [1.807, 2.05) is 11.3 Å². The average Bonchev–Trinajstić information content (AvgIpc) is 2.68. The van der Waals surface area contributed by atoms with Crippen molar-refractivity contribution in [3.63, 3.8) is 0 Å². The molecule has 0 saturated carbocycles. The Hall–Kier alpha value is -1.12. The summed E-state index contributed by atoms with van der Waals surface area (Å²) in [4.78, 5) is 2.84. The fraction of sp³-hybridized carbons (Fsp3) is 0.412. The summed E-state index contributed by atoms with van der Waals surface area (Å²) >= 11 is 1.89. The zero-order valence-electron chi connectivity index (χ0n) is 12.3. The molecule has 0 fully saturated rings. The van der Waals surface area contributed by atoms with Crippen LogP contribution in [0.15, 0.2) is 30.3 Å². The number of benzene rings is 1. The predicted molar refractivity (Wildman–Crippen MR) is 85.1 cm³/mol. The summed E-state index contributed by atoms with van der Waals surface area (Å²) in [5, 5.41) is 3.63. The fourth-order valence-electron chi connectivity index (χ4n) is 2.49. The summed E-state index contributed by atoms with van der Waals surface area (Å²) in [5.74, 6) is 0. The van der Waals surface area contributed by atoms with Crippen molar-refractivity contribution in [2.24, 2.45) is 0 Å². The van der Waals surface area contributed by atoms with Gasteiger partial charge in [0.05, 0.1) is 0 Å². The van der Waals surface area contributed by atoms with Crippen LogP contribution in [-0.2, 0) is 6.42 Å². The van der Waals surface area contributed by atoms with E-state index in [1.165, 1.54) is 26.4 Å². The number of thiophene rings is 1. The molecule has 2 aromatic rings. The minimum absolute atomic E-state index is 0.440. The van der Waals surface area contributed by atoms with Gasteiger partial charge in [-0.2, -0.15) is 0 Å². The van der Waals surface area contributed by atoms with Gasteiger partial charge in [0.2, 0.25) is 0 Å². The third-order valence-corrected chi connectivity index (χ3v) is 4.47. The van der Waals surface area contributed by atoms with Gasteiger partial charge in [-0.3, -0.25) is 0 Å². The third kappa shape index (κ3) is 3.92. The van der Waals surface area contributed by atoms with E-state index in [0.29, 0.717) is 6.04 Å². The number of aryl methyl sites for hydroxylation is 3. The molecule has 1 N–H and O–H groups in total. The van der Waals surface area contributed by atoms with Crippen LogP contribution in [0.1, 0.15) is 39.4 Å². The van der Waals surface area contributed by atoms with E-state index >= 15 is 0 Å². The van der Waals surface area contributed by atoms with Gasteiger partial charge in [-0.25, -0.2) is 0 Å². The number of rotatable bonds is 5. The summed E-state index contributed by atoms with van der Waals surface area (Å²) in [6, 6.07) is 11.5. The van der Waals surface area contributed by atoms with Gasteiger partial charge in [0.1, 0.15) is 0 Å². The molecule has 1 aromatic carbocycles. The number of nitrogens with one attached hydrogen (secondary N) is 1. The smallest absolute Gasteiger partial charge is 0.0302 e. The molecule has 0 radical (unpaired) electrons. The van der Waals surface area contributed by atoms with Crippen LogP contribution in [0.25, 0.3) is 0 Å². The molecule has 1 unspecified atom stereocenters. The van der Waals surface area contributed by atoms with E-state index in [9.17, 15) is 0 Å². The van der Waals surface area contributed by atoms with E-state index in [4.69, 9.17) is 0 Å². The van der Waals surface area contributed by atoms with E-state index < -0.39 is 0 Å². The van der Waals surface area contributed by atoms with E-state index in [1.54, 1.807) is 0 Å². The van der Waals surface area contributed by atoms with Gasteiger partial charge < -0.3 is 5.32 Å². The summed E-state index contributed by atoms with van der Waals surface area (Å²) in [7, 11) is 0. The van der Waals surface area contributed by atoms with Gasteiger partial charge in [0.25, 0.3) is 0 Å². The highest BCUT2D eigenvalue weighted by Gasteiger charge is 2.10. The summed E-state index contributed by atoms with van der Waals surface area (Å²) in [5.41, 5.74) is 4.21. The number of hydrogen-bond acceptors (Lipinski definition) is 2. The molecular formula is C17H23NS. The maximum Gasteiger partial charge on any atom is 0.0302 e. The second kappa shape index (κ2) is 6.36. The standard InChI is InChI=1S/C17H23NS/c1-12-6-5-7-16(10-12)8-9-18-14(3)17-11-13(2)19-15(17)4/h5-7,10-11,14,18H,8-9H2,1-4H3. The second-order valence-corrected chi connectivity index (χ2v) is 6.74. The first-order chi connectivity index (χ1) is 9.06. The summed E-state index contributed by atoms with van der Waals surface area (Å²) < 4.78 is 0. The molecule has 102 valence electrons. The first kappa shape index (κ1) is 14.3. The molecule has 0 spiro atoms. The molecule has 2 rings (SSSR count). The third-order valence-electron chi connectivity index (χ3n) is 3.49. The van der Waals surface area contributed by atoms with Crippen LogP contribution in [0, 0.1) is 20.8 Å². The molecule has 0 aliphatic carbocycles. The van der Waals surface area contributed by atoms with E-state index in [-0.39, 0.29) is 0 Å². The minimum Gasteiger partial charge on any atom is -0.310 e. The summed E-state index contributed by atoms with van der Waals surface area (Å²) in [6.07, 6.45) is 1.09. The molecular weight excluding hydrogens is 250 g/mol. The predicted octanol–water partition coefficient (Wildman–Crippen LogP) is 4.57. The molecule has 0 aliphatic rings. The Bertz CT molecular complexity index is 542. The zero-order chi connectivity index (χ0) is 13.8. The molecule has 1 aromatic heterocycles. The lowest BCUT2D eigenvalue weighted by Crippen LogP contribution is -2.21. The first-order valence-electron chi connectivity index (χ1n) is 6.92. The fourth-order valence-corrected chi connectivity index (χ4v) is 3.51. The highest BCUT2D eigenvalue weighted by atomic mass is 32.1. The highest BCUT2D eigenvalue weighted by molar-refractivity contribution is 7.12. The molecule has 1 heterocycles. The van der Waals surface area contributed by atoms with Gasteiger partial charge in [-0.05, 0) is 57.9 Å². The van der Waals surface area contributed by atoms with Gasteiger partial charge in [-0.1, -0.05) is 29.8 Å². The van der Waals surface area contributed by atoms with Crippen LogP contribution in [0.2, 0.25) is 0 Å². The molecule has 0 saturated heterocycles. The van der Waals surface area contributed by atoms with Crippen molar-refractivity contribution >= 4 is 11.3 Å². The Labute approximate surface area is 120 Å². The van der Waals surface area contributed by atoms with E-state index in [2.05, 4.69) is 63.3 Å².